The number of carbonyl (C=O) groups is 3. The van der Waals surface area contributed by atoms with Crippen molar-refractivity contribution in [2.75, 3.05) is 31.7 Å². The molecule has 0 spiro atoms. The van der Waals surface area contributed by atoms with Gasteiger partial charge in [-0.25, -0.2) is 14.0 Å². The summed E-state index contributed by atoms with van der Waals surface area (Å²) in [7, 11) is 0. The molecule has 0 fully saturated rings. The number of benzene rings is 3. The summed E-state index contributed by atoms with van der Waals surface area (Å²) in [6.07, 6.45) is -0.600. The van der Waals surface area contributed by atoms with Crippen molar-refractivity contribution < 1.29 is 33.4 Å². The van der Waals surface area contributed by atoms with Crippen molar-refractivity contribution >= 4 is 23.7 Å². The van der Waals surface area contributed by atoms with Crippen LogP contribution in [0.15, 0.2) is 66.7 Å². The van der Waals surface area contributed by atoms with Crippen molar-refractivity contribution in [3.8, 4) is 11.1 Å². The van der Waals surface area contributed by atoms with E-state index in [1.54, 1.807) is 0 Å². The molecule has 4 rings (SSSR count). The molecule has 9 heteroatoms. The van der Waals surface area contributed by atoms with Crippen molar-refractivity contribution in [1.82, 2.24) is 5.32 Å². The van der Waals surface area contributed by atoms with Gasteiger partial charge in [0.15, 0.2) is 0 Å². The third-order valence-electron chi connectivity index (χ3n) is 5.58. The molecule has 3 aromatic carbocycles. The molecule has 0 radical (unpaired) electrons. The van der Waals surface area contributed by atoms with Crippen LogP contribution in [0.1, 0.15) is 27.4 Å². The van der Waals surface area contributed by atoms with E-state index in [4.69, 9.17) is 14.6 Å². The Hall–Kier alpha value is -4.24. The number of fused-ring (bicyclic) bond motifs is 3. The maximum Gasteiger partial charge on any atom is 0.407 e. The molecular weight excluding hydrogens is 455 g/mol. The number of nitrogens with one attached hydrogen (secondary N) is 2. The molecule has 1 aliphatic carbocycles. The van der Waals surface area contributed by atoms with Gasteiger partial charge >= 0.3 is 12.1 Å². The second kappa shape index (κ2) is 10.8. The van der Waals surface area contributed by atoms with Gasteiger partial charge in [0.25, 0.3) is 0 Å². The van der Waals surface area contributed by atoms with Gasteiger partial charge in [0, 0.05) is 12.5 Å². The van der Waals surface area contributed by atoms with Crippen LogP contribution in [-0.2, 0) is 14.3 Å². The number of carboxylic acids is 1. The largest absolute Gasteiger partial charge is 0.478 e. The fraction of sp³-hybridized carbons (Fsp3) is 0.192. The van der Waals surface area contributed by atoms with Gasteiger partial charge in [0.05, 0.1) is 17.9 Å². The summed E-state index contributed by atoms with van der Waals surface area (Å²) in [6.45, 7) is -0.0385. The quantitative estimate of drug-likeness (QED) is 0.401. The number of anilines is 1. The smallest absolute Gasteiger partial charge is 0.407 e. The molecule has 0 atom stereocenters. The van der Waals surface area contributed by atoms with Gasteiger partial charge in [-0.05, 0) is 40.5 Å². The van der Waals surface area contributed by atoms with Crippen LogP contribution in [0.5, 0.6) is 0 Å². The molecule has 2 amide bonds. The van der Waals surface area contributed by atoms with Gasteiger partial charge in [-0.15, -0.1) is 0 Å². The summed E-state index contributed by atoms with van der Waals surface area (Å²) in [5.41, 5.74) is 4.10. The van der Waals surface area contributed by atoms with Crippen molar-refractivity contribution in [2.24, 2.45) is 0 Å². The van der Waals surface area contributed by atoms with Crippen LogP contribution in [-0.4, -0.2) is 49.4 Å². The molecule has 1 aliphatic rings. The Morgan fingerprint density at radius 3 is 2.26 bits per heavy atom. The molecule has 0 aromatic heterocycles. The number of amides is 2. The van der Waals surface area contributed by atoms with E-state index in [1.165, 1.54) is 0 Å². The predicted molar refractivity (Wildman–Crippen MR) is 126 cm³/mol. The van der Waals surface area contributed by atoms with E-state index in [9.17, 15) is 18.8 Å². The van der Waals surface area contributed by atoms with Crippen LogP contribution in [0.3, 0.4) is 0 Å². The molecule has 0 saturated heterocycles. The number of alkyl carbamates (subject to hydrolysis) is 1. The fourth-order valence-electron chi connectivity index (χ4n) is 4.03. The third-order valence-corrected chi connectivity index (χ3v) is 5.58. The first-order chi connectivity index (χ1) is 16.9. The number of ether oxygens (including phenoxy) is 2. The zero-order valence-corrected chi connectivity index (χ0v) is 18.6. The molecule has 3 aromatic rings. The van der Waals surface area contributed by atoms with Gasteiger partial charge in [-0.3, -0.25) is 4.79 Å². The topological polar surface area (TPSA) is 114 Å². The number of rotatable bonds is 9. The lowest BCUT2D eigenvalue weighted by Gasteiger charge is -2.14. The average Bonchev–Trinajstić information content (AvgIpc) is 3.17. The Bertz CT molecular complexity index is 1220. The van der Waals surface area contributed by atoms with Gasteiger partial charge in [-0.2, -0.15) is 0 Å². The molecular formula is C26H23FN2O6. The van der Waals surface area contributed by atoms with E-state index in [1.807, 2.05) is 36.4 Å². The Labute approximate surface area is 200 Å². The van der Waals surface area contributed by atoms with Crippen LogP contribution in [0.4, 0.5) is 14.9 Å². The standard InChI is InChI=1S/C26H23FN2O6/c27-16-9-10-23(21(13-16)25(31)32)29-24(30)15-34-12-11-28-26(33)35-14-22-19-7-3-1-5-17(19)18-6-2-4-8-20(18)22/h1-10,13,22H,11-12,14-15H2,(H,28,33)(H,29,30)(H,31,32). The molecule has 0 saturated carbocycles. The van der Waals surface area contributed by atoms with Crippen LogP contribution in [0.25, 0.3) is 11.1 Å². The first-order valence-corrected chi connectivity index (χ1v) is 10.9. The summed E-state index contributed by atoms with van der Waals surface area (Å²) in [5.74, 6) is -2.75. The van der Waals surface area contributed by atoms with E-state index in [0.29, 0.717) is 0 Å². The maximum absolute atomic E-state index is 13.2. The second-order valence-corrected chi connectivity index (χ2v) is 7.85. The summed E-state index contributed by atoms with van der Waals surface area (Å²) >= 11 is 0. The second-order valence-electron chi connectivity index (χ2n) is 7.85. The van der Waals surface area contributed by atoms with E-state index < -0.39 is 23.8 Å². The lowest BCUT2D eigenvalue weighted by Crippen LogP contribution is -2.30. The highest BCUT2D eigenvalue weighted by Gasteiger charge is 2.28. The average molecular weight is 478 g/mol. The van der Waals surface area contributed by atoms with Crippen molar-refractivity contribution in [1.29, 1.82) is 0 Å². The lowest BCUT2D eigenvalue weighted by atomic mass is 9.98. The molecule has 0 aliphatic heterocycles. The summed E-state index contributed by atoms with van der Waals surface area (Å²) < 4.78 is 23.9. The number of aromatic carboxylic acids is 1. The Balaban J connectivity index is 1.19. The molecule has 0 unspecified atom stereocenters. The lowest BCUT2D eigenvalue weighted by molar-refractivity contribution is -0.120. The number of hydrogen-bond acceptors (Lipinski definition) is 5. The van der Waals surface area contributed by atoms with Crippen LogP contribution in [0.2, 0.25) is 0 Å². The normalized spacial score (nSPS) is 11.9. The highest BCUT2D eigenvalue weighted by atomic mass is 19.1. The van der Waals surface area contributed by atoms with E-state index in [-0.39, 0.29) is 43.5 Å². The van der Waals surface area contributed by atoms with E-state index in [2.05, 4.69) is 22.8 Å². The summed E-state index contributed by atoms with van der Waals surface area (Å²) in [5, 5.41) is 14.0. The van der Waals surface area contributed by atoms with Gasteiger partial charge in [0.1, 0.15) is 19.0 Å². The fourth-order valence-corrected chi connectivity index (χ4v) is 4.03. The number of carboxylic acid groups (broad SMARTS) is 1. The summed E-state index contributed by atoms with van der Waals surface area (Å²) in [6, 6.07) is 19.1. The van der Waals surface area contributed by atoms with Crippen LogP contribution < -0.4 is 10.6 Å². The molecule has 0 bridgehead atoms. The minimum absolute atomic E-state index is 0.0345. The molecule has 0 heterocycles. The van der Waals surface area contributed by atoms with Crippen LogP contribution in [0, 0.1) is 5.82 Å². The number of carbonyl (C=O) groups excluding carboxylic acids is 2. The van der Waals surface area contributed by atoms with Crippen LogP contribution >= 0.6 is 0 Å². The van der Waals surface area contributed by atoms with Gasteiger partial charge < -0.3 is 25.2 Å². The predicted octanol–water partition coefficient (Wildman–Crippen LogP) is 4.02. The Morgan fingerprint density at radius 2 is 1.60 bits per heavy atom. The van der Waals surface area contributed by atoms with Gasteiger partial charge in [-0.1, -0.05) is 48.5 Å². The zero-order valence-electron chi connectivity index (χ0n) is 18.6. The molecule has 8 nitrogen and oxygen atoms in total. The molecule has 35 heavy (non-hydrogen) atoms. The first-order valence-electron chi connectivity index (χ1n) is 10.9. The molecule has 3 N–H and O–H groups in total. The highest BCUT2D eigenvalue weighted by molar-refractivity contribution is 6.00. The van der Waals surface area contributed by atoms with E-state index >= 15 is 0 Å². The number of hydrogen-bond donors (Lipinski definition) is 3. The minimum atomic E-state index is -1.37. The highest BCUT2D eigenvalue weighted by Crippen LogP contribution is 2.44. The van der Waals surface area contributed by atoms with Gasteiger partial charge in [0.2, 0.25) is 5.91 Å². The van der Waals surface area contributed by atoms with Crippen molar-refractivity contribution in [3.05, 3.63) is 89.2 Å². The number of halogens is 1. The summed E-state index contributed by atoms with van der Waals surface area (Å²) in [4.78, 5) is 35.3. The SMILES string of the molecule is O=C(COCCNC(=O)OCC1c2ccccc2-c2ccccc21)Nc1ccc(F)cc1C(=O)O. The Morgan fingerprint density at radius 1 is 0.943 bits per heavy atom. The Kier molecular flexibility index (Phi) is 7.37. The molecule has 180 valence electrons. The van der Waals surface area contributed by atoms with Crippen molar-refractivity contribution in [2.45, 2.75) is 5.92 Å². The third kappa shape index (κ3) is 5.64. The maximum atomic E-state index is 13.2. The van der Waals surface area contributed by atoms with Crippen molar-refractivity contribution in [3.63, 3.8) is 0 Å². The first kappa shape index (κ1) is 23.9. The zero-order chi connectivity index (χ0) is 24.8. The van der Waals surface area contributed by atoms with E-state index in [0.717, 1.165) is 40.5 Å². The monoisotopic (exact) mass is 478 g/mol. The minimum Gasteiger partial charge on any atom is -0.478 e.